The number of rotatable bonds is 4. The third-order valence-corrected chi connectivity index (χ3v) is 3.71. The molecule has 6 nitrogen and oxygen atoms in total. The summed E-state index contributed by atoms with van der Waals surface area (Å²) in [4.78, 5) is 26.2. The Balaban J connectivity index is 1.99. The topological polar surface area (TPSA) is 67.9 Å². The molecule has 1 aliphatic rings. The van der Waals surface area contributed by atoms with Gasteiger partial charge in [-0.3, -0.25) is 9.59 Å². The molecule has 1 fully saturated rings. The molecule has 22 heavy (non-hydrogen) atoms. The zero-order valence-corrected chi connectivity index (χ0v) is 13.2. The number of hydrogen-bond acceptors (Lipinski definition) is 4. The van der Waals surface area contributed by atoms with Gasteiger partial charge in [0.1, 0.15) is 11.8 Å². The highest BCUT2D eigenvalue weighted by molar-refractivity contribution is 5.97. The van der Waals surface area contributed by atoms with Gasteiger partial charge in [-0.25, -0.2) is 0 Å². The molecule has 1 heterocycles. The molecule has 120 valence electrons. The first-order valence-electron chi connectivity index (χ1n) is 7.35. The molecule has 0 aromatic heterocycles. The van der Waals surface area contributed by atoms with E-state index in [-0.39, 0.29) is 11.8 Å². The first-order chi connectivity index (χ1) is 10.5. The van der Waals surface area contributed by atoms with Gasteiger partial charge in [0, 0.05) is 18.7 Å². The minimum atomic E-state index is -0.571. The lowest BCUT2D eigenvalue weighted by molar-refractivity contribution is -0.136. The number of ether oxygens (including phenoxy) is 2. The summed E-state index contributed by atoms with van der Waals surface area (Å²) in [6.45, 7) is 5.82. The van der Waals surface area contributed by atoms with Crippen molar-refractivity contribution in [3.05, 3.63) is 29.3 Å². The predicted octanol–water partition coefficient (Wildman–Crippen LogP) is 0.981. The quantitative estimate of drug-likeness (QED) is 0.900. The number of methoxy groups -OCH3 is 1. The summed E-state index contributed by atoms with van der Waals surface area (Å²) in [6, 6.07) is 4.65. The molecule has 0 saturated carbocycles. The summed E-state index contributed by atoms with van der Waals surface area (Å²) in [5.41, 5.74) is 1.43. The van der Waals surface area contributed by atoms with Gasteiger partial charge in [0.2, 0.25) is 5.91 Å². The summed E-state index contributed by atoms with van der Waals surface area (Å²) in [7, 11) is 1.56. The van der Waals surface area contributed by atoms with E-state index in [0.29, 0.717) is 37.6 Å². The van der Waals surface area contributed by atoms with Crippen LogP contribution in [-0.4, -0.2) is 56.2 Å². The van der Waals surface area contributed by atoms with E-state index in [0.717, 1.165) is 5.56 Å². The average molecular weight is 306 g/mol. The van der Waals surface area contributed by atoms with Crippen LogP contribution in [0.15, 0.2) is 18.2 Å². The number of nitrogens with zero attached hydrogens (tertiary/aromatic N) is 1. The maximum absolute atomic E-state index is 12.3. The Hall–Kier alpha value is -2.08. The molecule has 1 aliphatic heterocycles. The van der Waals surface area contributed by atoms with Crippen molar-refractivity contribution in [3.8, 4) is 5.75 Å². The summed E-state index contributed by atoms with van der Waals surface area (Å²) >= 11 is 0. The summed E-state index contributed by atoms with van der Waals surface area (Å²) in [5, 5.41) is 2.74. The molecule has 1 aromatic rings. The molecular weight excluding hydrogens is 284 g/mol. The molecule has 1 aromatic carbocycles. The highest BCUT2D eigenvalue weighted by Gasteiger charge is 2.24. The third-order valence-electron chi connectivity index (χ3n) is 3.71. The van der Waals surface area contributed by atoms with Crippen molar-refractivity contribution in [3.63, 3.8) is 0 Å². The van der Waals surface area contributed by atoms with Crippen LogP contribution >= 0.6 is 0 Å². The minimum absolute atomic E-state index is 0.0873. The molecule has 2 amide bonds. The van der Waals surface area contributed by atoms with Crippen LogP contribution in [0.3, 0.4) is 0 Å². The van der Waals surface area contributed by atoms with Crippen LogP contribution in [-0.2, 0) is 9.53 Å². The van der Waals surface area contributed by atoms with Crippen molar-refractivity contribution >= 4 is 11.8 Å². The van der Waals surface area contributed by atoms with Crippen molar-refractivity contribution in [2.45, 2.75) is 19.9 Å². The van der Waals surface area contributed by atoms with Gasteiger partial charge in [0.05, 0.1) is 20.3 Å². The van der Waals surface area contributed by atoms with Crippen molar-refractivity contribution in [2.24, 2.45) is 0 Å². The van der Waals surface area contributed by atoms with E-state index < -0.39 is 6.04 Å². The predicted molar refractivity (Wildman–Crippen MR) is 82.1 cm³/mol. The molecule has 6 heteroatoms. The Morgan fingerprint density at radius 2 is 2.00 bits per heavy atom. The lowest BCUT2D eigenvalue weighted by Crippen LogP contribution is -2.50. The average Bonchev–Trinajstić information content (AvgIpc) is 2.55. The first-order valence-corrected chi connectivity index (χ1v) is 7.35. The Bertz CT molecular complexity index is 553. The third kappa shape index (κ3) is 3.76. The highest BCUT2D eigenvalue weighted by atomic mass is 16.5. The Labute approximate surface area is 130 Å². The molecule has 0 spiro atoms. The van der Waals surface area contributed by atoms with E-state index in [1.807, 2.05) is 13.0 Å². The number of aryl methyl sites for hydroxylation is 1. The number of benzene rings is 1. The normalized spacial score (nSPS) is 16.0. The maximum atomic E-state index is 12.3. The van der Waals surface area contributed by atoms with Gasteiger partial charge in [-0.1, -0.05) is 6.07 Å². The monoisotopic (exact) mass is 306 g/mol. The molecule has 1 saturated heterocycles. The second-order valence-electron chi connectivity index (χ2n) is 5.32. The van der Waals surface area contributed by atoms with Crippen LogP contribution in [0.2, 0.25) is 0 Å². The van der Waals surface area contributed by atoms with Gasteiger partial charge in [-0.05, 0) is 31.5 Å². The van der Waals surface area contributed by atoms with E-state index in [9.17, 15) is 9.59 Å². The van der Waals surface area contributed by atoms with Gasteiger partial charge in [0.25, 0.3) is 5.91 Å². The number of amides is 2. The van der Waals surface area contributed by atoms with Crippen LogP contribution in [0.1, 0.15) is 22.8 Å². The standard InChI is InChI=1S/C16H22N2O4/c1-11-4-5-13(10-14(11)21-3)15(19)17-12(2)16(20)18-6-8-22-9-7-18/h4-5,10,12H,6-9H2,1-3H3,(H,17,19)/t12-/m1/s1. The van der Waals surface area contributed by atoms with Gasteiger partial charge in [0.15, 0.2) is 0 Å². The highest BCUT2D eigenvalue weighted by Crippen LogP contribution is 2.19. The molecule has 1 atom stereocenters. The Morgan fingerprint density at radius 3 is 2.64 bits per heavy atom. The fraction of sp³-hybridized carbons (Fsp3) is 0.500. The smallest absolute Gasteiger partial charge is 0.252 e. The first kappa shape index (κ1) is 16.3. The van der Waals surface area contributed by atoms with E-state index in [1.54, 1.807) is 31.1 Å². The van der Waals surface area contributed by atoms with E-state index in [1.165, 1.54) is 0 Å². The Kier molecular flexibility index (Phi) is 5.38. The molecular formula is C16H22N2O4. The SMILES string of the molecule is COc1cc(C(=O)N[C@H](C)C(=O)N2CCOCC2)ccc1C. The molecule has 0 unspecified atom stereocenters. The largest absolute Gasteiger partial charge is 0.496 e. The van der Waals surface area contributed by atoms with Crippen LogP contribution in [0.5, 0.6) is 5.75 Å². The fourth-order valence-corrected chi connectivity index (χ4v) is 2.36. The van der Waals surface area contributed by atoms with Crippen LogP contribution < -0.4 is 10.1 Å². The number of morpholine rings is 1. The zero-order valence-electron chi connectivity index (χ0n) is 13.2. The lowest BCUT2D eigenvalue weighted by Gasteiger charge is -2.29. The number of carbonyl (C=O) groups excluding carboxylic acids is 2. The van der Waals surface area contributed by atoms with Gasteiger partial charge in [-0.2, -0.15) is 0 Å². The number of hydrogen-bond donors (Lipinski definition) is 1. The molecule has 2 rings (SSSR count). The van der Waals surface area contributed by atoms with Gasteiger partial charge in [-0.15, -0.1) is 0 Å². The molecule has 0 aliphatic carbocycles. The van der Waals surface area contributed by atoms with E-state index in [4.69, 9.17) is 9.47 Å². The summed E-state index contributed by atoms with van der Waals surface area (Å²) in [5.74, 6) is 0.281. The van der Waals surface area contributed by atoms with Crippen molar-refractivity contribution in [1.82, 2.24) is 10.2 Å². The second kappa shape index (κ2) is 7.26. The van der Waals surface area contributed by atoms with Crippen molar-refractivity contribution < 1.29 is 19.1 Å². The molecule has 0 bridgehead atoms. The summed E-state index contributed by atoms with van der Waals surface area (Å²) in [6.07, 6.45) is 0. The minimum Gasteiger partial charge on any atom is -0.496 e. The Morgan fingerprint density at radius 1 is 1.32 bits per heavy atom. The van der Waals surface area contributed by atoms with E-state index >= 15 is 0 Å². The van der Waals surface area contributed by atoms with Crippen molar-refractivity contribution in [2.75, 3.05) is 33.4 Å². The lowest BCUT2D eigenvalue weighted by atomic mass is 10.1. The van der Waals surface area contributed by atoms with E-state index in [2.05, 4.69) is 5.32 Å². The van der Waals surface area contributed by atoms with Crippen LogP contribution in [0.25, 0.3) is 0 Å². The summed E-state index contributed by atoms with van der Waals surface area (Å²) < 4.78 is 10.4. The van der Waals surface area contributed by atoms with Gasteiger partial charge < -0.3 is 19.7 Å². The van der Waals surface area contributed by atoms with Crippen LogP contribution in [0, 0.1) is 6.92 Å². The van der Waals surface area contributed by atoms with Crippen LogP contribution in [0.4, 0.5) is 0 Å². The number of carbonyl (C=O) groups is 2. The maximum Gasteiger partial charge on any atom is 0.252 e. The fourth-order valence-electron chi connectivity index (χ4n) is 2.36. The van der Waals surface area contributed by atoms with Gasteiger partial charge >= 0.3 is 0 Å². The molecule has 0 radical (unpaired) electrons. The number of nitrogens with one attached hydrogen (secondary N) is 1. The van der Waals surface area contributed by atoms with Crippen molar-refractivity contribution in [1.29, 1.82) is 0 Å². The zero-order chi connectivity index (χ0) is 16.1. The molecule has 1 N–H and O–H groups in total. The second-order valence-corrected chi connectivity index (χ2v) is 5.32.